The zero-order valence-corrected chi connectivity index (χ0v) is 17.1. The van der Waals surface area contributed by atoms with Crippen LogP contribution in [0.4, 0.5) is 9.52 Å². The summed E-state index contributed by atoms with van der Waals surface area (Å²) in [4.78, 5) is 5.58. The van der Waals surface area contributed by atoms with Crippen molar-refractivity contribution >= 4 is 27.8 Å². The average Bonchev–Trinajstić information content (AvgIpc) is 3.43. The zero-order valence-electron chi connectivity index (χ0n) is 15.5. The van der Waals surface area contributed by atoms with E-state index in [2.05, 4.69) is 32.2 Å². The maximum Gasteiger partial charge on any atom is 0.183 e. The van der Waals surface area contributed by atoms with Crippen LogP contribution in [0, 0.1) is 12.7 Å². The number of thiazole rings is 1. The Balaban J connectivity index is 1.47. The number of nitrogens with one attached hydrogen (secondary N) is 1. The lowest BCUT2D eigenvalue weighted by molar-refractivity contribution is 0.413. The lowest BCUT2D eigenvalue weighted by atomic mass is 10.2. The quantitative estimate of drug-likeness (QED) is 0.452. The lowest BCUT2D eigenvalue weighted by Gasteiger charge is -2.06. The molecule has 0 unspecified atom stereocenters. The number of aryl methyl sites for hydroxylation is 1. The number of methoxy groups -OCH3 is 1. The summed E-state index contributed by atoms with van der Waals surface area (Å²) in [6.07, 6.45) is 1.98. The van der Waals surface area contributed by atoms with Gasteiger partial charge in [-0.1, -0.05) is 11.3 Å². The summed E-state index contributed by atoms with van der Waals surface area (Å²) in [5, 5.41) is 12.8. The molecule has 0 spiro atoms. The largest absolute Gasteiger partial charge is 0.497 e. The van der Waals surface area contributed by atoms with E-state index in [9.17, 15) is 4.39 Å². The summed E-state index contributed by atoms with van der Waals surface area (Å²) in [5.74, 6) is 0.361. The summed E-state index contributed by atoms with van der Waals surface area (Å²) in [6.45, 7) is 3.05. The van der Waals surface area contributed by atoms with Crippen LogP contribution in [0.1, 0.15) is 16.8 Å². The van der Waals surface area contributed by atoms with E-state index in [1.807, 2.05) is 23.9 Å². The number of halogens is 1. The molecular formula is C20H19FN4OS2. The highest BCUT2D eigenvalue weighted by Crippen LogP contribution is 2.32. The van der Waals surface area contributed by atoms with E-state index in [0.29, 0.717) is 17.9 Å². The van der Waals surface area contributed by atoms with Gasteiger partial charge in [0.2, 0.25) is 0 Å². The van der Waals surface area contributed by atoms with E-state index in [0.717, 1.165) is 27.9 Å². The molecule has 0 aliphatic rings. The summed E-state index contributed by atoms with van der Waals surface area (Å²) < 4.78 is 21.1. The first-order valence-corrected chi connectivity index (χ1v) is 10.5. The van der Waals surface area contributed by atoms with Gasteiger partial charge in [-0.25, -0.2) is 9.37 Å². The molecule has 5 nitrogen and oxygen atoms in total. The third-order valence-electron chi connectivity index (χ3n) is 4.28. The second kappa shape index (κ2) is 8.12. The van der Waals surface area contributed by atoms with E-state index in [1.165, 1.54) is 23.0 Å². The number of benzene rings is 1. The second-order valence-corrected chi connectivity index (χ2v) is 8.05. The molecule has 4 aromatic rings. The van der Waals surface area contributed by atoms with Gasteiger partial charge in [-0.3, -0.25) is 4.68 Å². The molecule has 3 heterocycles. The van der Waals surface area contributed by atoms with Gasteiger partial charge in [-0.2, -0.15) is 16.4 Å². The number of rotatable bonds is 7. The number of anilines is 1. The predicted octanol–water partition coefficient (Wildman–Crippen LogP) is 5.18. The summed E-state index contributed by atoms with van der Waals surface area (Å²) in [5.41, 5.74) is 3.57. The molecule has 0 amide bonds. The summed E-state index contributed by atoms with van der Waals surface area (Å²) in [7, 11) is 1.57. The molecule has 0 aliphatic heterocycles. The first kappa shape index (κ1) is 18.6. The molecular weight excluding hydrogens is 395 g/mol. The van der Waals surface area contributed by atoms with E-state index in [4.69, 9.17) is 4.74 Å². The summed E-state index contributed by atoms with van der Waals surface area (Å²) in [6, 6.07) is 8.81. The minimum Gasteiger partial charge on any atom is -0.497 e. The minimum atomic E-state index is -0.269. The number of hydrogen-bond donors (Lipinski definition) is 1. The molecule has 0 fully saturated rings. The Labute approximate surface area is 170 Å². The van der Waals surface area contributed by atoms with Crippen molar-refractivity contribution < 1.29 is 9.13 Å². The Morgan fingerprint density at radius 2 is 2.14 bits per heavy atom. The number of thiophene rings is 1. The van der Waals surface area contributed by atoms with Gasteiger partial charge in [-0.05, 0) is 53.6 Å². The number of aromatic nitrogens is 3. The minimum absolute atomic E-state index is 0.269. The van der Waals surface area contributed by atoms with Crippen LogP contribution in [0.15, 0.2) is 47.3 Å². The van der Waals surface area contributed by atoms with Gasteiger partial charge < -0.3 is 10.1 Å². The van der Waals surface area contributed by atoms with Crippen LogP contribution in [0.2, 0.25) is 0 Å². The van der Waals surface area contributed by atoms with Crippen molar-refractivity contribution in [3.8, 4) is 16.3 Å². The molecule has 0 aliphatic carbocycles. The Kier molecular flexibility index (Phi) is 5.40. The molecule has 4 rings (SSSR count). The predicted molar refractivity (Wildman–Crippen MR) is 112 cm³/mol. The van der Waals surface area contributed by atoms with Crippen LogP contribution in [0.5, 0.6) is 5.75 Å². The molecule has 8 heteroatoms. The van der Waals surface area contributed by atoms with E-state index in [-0.39, 0.29) is 5.82 Å². The SMILES string of the molecule is COc1ccc(F)c(CNc2nc(C)c(-c3ccn(Cc4ccsc4)n3)s2)c1. The highest BCUT2D eigenvalue weighted by atomic mass is 32.1. The van der Waals surface area contributed by atoms with Crippen molar-refractivity contribution in [3.05, 3.63) is 69.9 Å². The van der Waals surface area contributed by atoms with Crippen molar-refractivity contribution in [3.63, 3.8) is 0 Å². The zero-order chi connectivity index (χ0) is 19.5. The molecule has 144 valence electrons. The molecule has 28 heavy (non-hydrogen) atoms. The number of nitrogens with zero attached hydrogens (tertiary/aromatic N) is 3. The topological polar surface area (TPSA) is 52.0 Å². The Hall–Kier alpha value is -2.71. The maximum atomic E-state index is 14.0. The smallest absolute Gasteiger partial charge is 0.183 e. The lowest BCUT2D eigenvalue weighted by Crippen LogP contribution is -2.02. The fourth-order valence-electron chi connectivity index (χ4n) is 2.83. The molecule has 1 aromatic carbocycles. The van der Waals surface area contributed by atoms with Gasteiger partial charge in [0.15, 0.2) is 5.13 Å². The Morgan fingerprint density at radius 3 is 2.93 bits per heavy atom. The van der Waals surface area contributed by atoms with E-state index in [1.54, 1.807) is 30.6 Å². The first-order chi connectivity index (χ1) is 13.6. The second-order valence-electron chi connectivity index (χ2n) is 6.27. The van der Waals surface area contributed by atoms with Crippen molar-refractivity contribution in [1.29, 1.82) is 0 Å². The Bertz CT molecular complexity index is 1070. The van der Waals surface area contributed by atoms with E-state index >= 15 is 0 Å². The molecule has 0 saturated heterocycles. The molecule has 1 N–H and O–H groups in total. The molecule has 3 aromatic heterocycles. The monoisotopic (exact) mass is 414 g/mol. The van der Waals surface area contributed by atoms with Crippen LogP contribution in [-0.2, 0) is 13.1 Å². The van der Waals surface area contributed by atoms with Crippen molar-refractivity contribution in [2.24, 2.45) is 0 Å². The fourth-order valence-corrected chi connectivity index (χ4v) is 4.42. The average molecular weight is 415 g/mol. The van der Waals surface area contributed by atoms with Gasteiger partial charge in [-0.15, -0.1) is 0 Å². The third-order valence-corrected chi connectivity index (χ3v) is 6.15. The molecule has 0 bridgehead atoms. The molecule has 0 saturated carbocycles. The Morgan fingerprint density at radius 1 is 1.25 bits per heavy atom. The van der Waals surface area contributed by atoms with Crippen molar-refractivity contribution in [2.45, 2.75) is 20.0 Å². The maximum absolute atomic E-state index is 14.0. The van der Waals surface area contributed by atoms with Crippen molar-refractivity contribution in [2.75, 3.05) is 12.4 Å². The van der Waals surface area contributed by atoms with Gasteiger partial charge in [0.25, 0.3) is 0 Å². The molecule has 0 radical (unpaired) electrons. The van der Waals surface area contributed by atoms with Gasteiger partial charge in [0.1, 0.15) is 17.3 Å². The van der Waals surface area contributed by atoms with Crippen LogP contribution in [0.25, 0.3) is 10.6 Å². The third kappa shape index (κ3) is 4.07. The van der Waals surface area contributed by atoms with Gasteiger partial charge >= 0.3 is 0 Å². The van der Waals surface area contributed by atoms with Gasteiger partial charge in [0, 0.05) is 18.3 Å². The standard InChI is InChI=1S/C20H19FN4OS2/c1-13-19(18-5-7-25(24-18)11-14-6-8-27-12-14)28-20(23-13)22-10-15-9-16(26-2)3-4-17(15)21/h3-9,12H,10-11H2,1-2H3,(H,22,23). The van der Waals surface area contributed by atoms with Crippen molar-refractivity contribution in [1.82, 2.24) is 14.8 Å². The number of ether oxygens (including phenoxy) is 1. The fraction of sp³-hybridized carbons (Fsp3) is 0.200. The highest BCUT2D eigenvalue weighted by Gasteiger charge is 2.13. The first-order valence-electron chi connectivity index (χ1n) is 8.71. The highest BCUT2D eigenvalue weighted by molar-refractivity contribution is 7.19. The summed E-state index contributed by atoms with van der Waals surface area (Å²) >= 11 is 3.20. The van der Waals surface area contributed by atoms with Crippen LogP contribution in [-0.4, -0.2) is 21.9 Å². The van der Waals surface area contributed by atoms with Crippen LogP contribution < -0.4 is 10.1 Å². The number of hydrogen-bond acceptors (Lipinski definition) is 6. The van der Waals surface area contributed by atoms with E-state index < -0.39 is 0 Å². The van der Waals surface area contributed by atoms with Gasteiger partial charge in [0.05, 0.1) is 24.2 Å². The molecule has 0 atom stereocenters. The van der Waals surface area contributed by atoms with Crippen LogP contribution >= 0.6 is 22.7 Å². The van der Waals surface area contributed by atoms with Crippen LogP contribution in [0.3, 0.4) is 0 Å². The normalized spacial score (nSPS) is 11.0.